The molecule has 2 heterocycles. The quantitative estimate of drug-likeness (QED) is 0.162. The molecule has 7 atom stereocenters. The smallest absolute Gasteiger partial charge is 0.464 e. The molecule has 252 valence electrons. The zero-order valence-electron chi connectivity index (χ0n) is 26.6. The van der Waals surface area contributed by atoms with Crippen molar-refractivity contribution < 1.29 is 51.2 Å². The second kappa shape index (κ2) is 15.7. The van der Waals surface area contributed by atoms with Crippen LogP contribution in [0.2, 0.25) is 0 Å². The van der Waals surface area contributed by atoms with E-state index in [1.807, 2.05) is 38.1 Å². The Morgan fingerprint density at radius 3 is 2.20 bits per heavy atom. The van der Waals surface area contributed by atoms with Gasteiger partial charge < -0.3 is 33.3 Å². The third-order valence-corrected chi connectivity index (χ3v) is 7.79. The van der Waals surface area contributed by atoms with Crippen molar-refractivity contribution in [2.24, 2.45) is 16.2 Å². The maximum Gasteiger partial charge on any atom is 0.573 e. The first-order valence-corrected chi connectivity index (χ1v) is 15.0. The molecule has 2 aliphatic rings. The van der Waals surface area contributed by atoms with Crippen molar-refractivity contribution in [3.8, 4) is 5.75 Å². The monoisotopic (exact) mass is 651 g/mol. The molecule has 11 nitrogen and oxygen atoms in total. The highest BCUT2D eigenvalue weighted by atomic mass is 19.4. The molecule has 2 unspecified atom stereocenters. The van der Waals surface area contributed by atoms with Crippen LogP contribution in [0.1, 0.15) is 44.7 Å². The maximum atomic E-state index is 13.2. The van der Waals surface area contributed by atoms with E-state index in [1.54, 1.807) is 21.1 Å². The van der Waals surface area contributed by atoms with Gasteiger partial charge in [-0.3, -0.25) is 5.01 Å². The topological polar surface area (TPSA) is 110 Å². The number of carbonyl (C=O) groups excluding carboxylic acids is 1. The third kappa shape index (κ3) is 8.16. The molecule has 14 heteroatoms. The molecule has 1 fully saturated rings. The van der Waals surface area contributed by atoms with Crippen molar-refractivity contribution in [1.82, 2.24) is 0 Å². The van der Waals surface area contributed by atoms with Crippen LogP contribution < -0.4 is 9.75 Å². The average Bonchev–Trinajstić information content (AvgIpc) is 3.40. The predicted octanol–water partition coefficient (Wildman–Crippen LogP) is 5.30. The number of anilines is 1. The lowest BCUT2D eigenvalue weighted by atomic mass is 9.87. The molecule has 2 aromatic carbocycles. The van der Waals surface area contributed by atoms with Crippen molar-refractivity contribution >= 4 is 23.6 Å². The molecule has 0 N–H and O–H groups in total. The lowest BCUT2D eigenvalue weighted by molar-refractivity contribution is -0.305. The Labute approximate surface area is 266 Å². The highest BCUT2D eigenvalue weighted by Crippen LogP contribution is 2.36. The summed E-state index contributed by atoms with van der Waals surface area (Å²) in [6.07, 6.45) is -4.40. The fraction of sp³-hybridized carbons (Fsp3) is 0.531. The zero-order valence-corrected chi connectivity index (χ0v) is 26.6. The number of hydrogen-bond donors (Lipinski definition) is 0. The van der Waals surface area contributed by atoms with Gasteiger partial charge in [-0.2, -0.15) is 5.10 Å². The highest BCUT2D eigenvalue weighted by molar-refractivity contribution is 6.08. The predicted molar refractivity (Wildman–Crippen MR) is 163 cm³/mol. The summed E-state index contributed by atoms with van der Waals surface area (Å²) in [5, 5.41) is 10.4. The van der Waals surface area contributed by atoms with Crippen LogP contribution in [0, 0.1) is 5.92 Å². The first-order valence-electron chi connectivity index (χ1n) is 15.0. The number of oxime groups is 1. The number of esters is 1. The van der Waals surface area contributed by atoms with Crippen LogP contribution in [-0.4, -0.2) is 88.9 Å². The Hall–Kier alpha value is -3.72. The summed E-state index contributed by atoms with van der Waals surface area (Å²) in [5.41, 5.74) is 2.57. The van der Waals surface area contributed by atoms with Crippen LogP contribution >= 0.6 is 0 Å². The van der Waals surface area contributed by atoms with Gasteiger partial charge >= 0.3 is 12.3 Å². The van der Waals surface area contributed by atoms with Gasteiger partial charge in [0.15, 0.2) is 12.1 Å². The molecule has 0 bridgehead atoms. The van der Waals surface area contributed by atoms with E-state index in [0.29, 0.717) is 17.8 Å². The minimum Gasteiger partial charge on any atom is -0.464 e. The first kappa shape index (κ1) is 35.1. The van der Waals surface area contributed by atoms with Gasteiger partial charge in [0.1, 0.15) is 18.0 Å². The van der Waals surface area contributed by atoms with Gasteiger partial charge in [-0.25, -0.2) is 4.79 Å². The van der Waals surface area contributed by atoms with Crippen LogP contribution in [0.3, 0.4) is 0 Å². The fourth-order valence-electron chi connectivity index (χ4n) is 5.75. The Morgan fingerprint density at radius 1 is 0.978 bits per heavy atom. The molecule has 2 aliphatic heterocycles. The van der Waals surface area contributed by atoms with Gasteiger partial charge in [-0.15, -0.1) is 13.2 Å². The number of hydrazone groups is 1. The summed E-state index contributed by atoms with van der Waals surface area (Å²) in [6, 6.07) is 11.8. The number of hydrogen-bond acceptors (Lipinski definition) is 11. The van der Waals surface area contributed by atoms with Crippen molar-refractivity contribution in [1.29, 1.82) is 0 Å². The fourth-order valence-corrected chi connectivity index (χ4v) is 5.75. The number of methoxy groups -OCH3 is 3. The Balaban J connectivity index is 1.55. The Bertz CT molecular complexity index is 1340. The summed E-state index contributed by atoms with van der Waals surface area (Å²) >= 11 is 0. The molecule has 0 aromatic heterocycles. The van der Waals surface area contributed by atoms with Gasteiger partial charge in [0.25, 0.3) is 6.29 Å². The van der Waals surface area contributed by atoms with Crippen LogP contribution in [0.25, 0.3) is 0 Å². The third-order valence-electron chi connectivity index (χ3n) is 7.79. The molecule has 1 saturated heterocycles. The summed E-state index contributed by atoms with van der Waals surface area (Å²) in [5.74, 6) is -1.19. The van der Waals surface area contributed by atoms with Crippen LogP contribution in [-0.2, 0) is 33.3 Å². The second-order valence-electron chi connectivity index (χ2n) is 10.7. The number of alkyl halides is 3. The van der Waals surface area contributed by atoms with E-state index in [2.05, 4.69) is 9.89 Å². The van der Waals surface area contributed by atoms with Crippen molar-refractivity contribution in [3.05, 3.63) is 59.7 Å². The largest absolute Gasteiger partial charge is 0.573 e. The molecule has 0 radical (unpaired) electrons. The second-order valence-corrected chi connectivity index (χ2v) is 10.7. The van der Waals surface area contributed by atoms with Gasteiger partial charge in [-0.1, -0.05) is 42.8 Å². The standard InChI is InChI=1S/C32H40F3N3O8/c1-7-9-24-25(37-38(26(24)30(39)43-8-2)22-14-16-23(17-15-22)45-32(33,34)35)21-12-10-20(11-13-21)18-36-46-31-29(42-6)28(41-5)27(40-4)19(3)44-31/h10-19,24,26-29,31H,7-9H2,1-6H3/b36-18+/t19-,24?,26?,27-,28+,29+,31-/m0/s1. The lowest BCUT2D eigenvalue weighted by Gasteiger charge is -2.42. The van der Waals surface area contributed by atoms with Crippen LogP contribution in [0.4, 0.5) is 18.9 Å². The number of carbonyl (C=O) groups is 1. The molecule has 4 rings (SSSR count). The van der Waals surface area contributed by atoms with E-state index in [0.717, 1.165) is 17.5 Å². The van der Waals surface area contributed by atoms with E-state index in [4.69, 9.17) is 33.6 Å². The Morgan fingerprint density at radius 2 is 1.63 bits per heavy atom. The van der Waals surface area contributed by atoms with Crippen molar-refractivity contribution in [3.63, 3.8) is 0 Å². The molecule has 0 aliphatic carbocycles. The molecular formula is C32H40F3N3O8. The maximum absolute atomic E-state index is 13.2. The van der Waals surface area contributed by atoms with E-state index in [-0.39, 0.29) is 30.5 Å². The minimum absolute atomic E-state index is 0.167. The van der Waals surface area contributed by atoms with E-state index in [1.165, 1.54) is 42.6 Å². The summed E-state index contributed by atoms with van der Waals surface area (Å²) in [6.45, 7) is 5.73. The van der Waals surface area contributed by atoms with Gasteiger partial charge in [-0.05, 0) is 55.7 Å². The molecular weight excluding hydrogens is 611 g/mol. The van der Waals surface area contributed by atoms with Crippen molar-refractivity contribution in [2.45, 2.75) is 76.7 Å². The van der Waals surface area contributed by atoms with E-state index < -0.39 is 36.9 Å². The van der Waals surface area contributed by atoms with Crippen LogP contribution in [0.5, 0.6) is 5.75 Å². The average molecular weight is 652 g/mol. The van der Waals surface area contributed by atoms with E-state index in [9.17, 15) is 18.0 Å². The van der Waals surface area contributed by atoms with Gasteiger partial charge in [0.2, 0.25) is 0 Å². The number of nitrogens with zero attached hydrogens (tertiary/aromatic N) is 3. The zero-order chi connectivity index (χ0) is 33.4. The van der Waals surface area contributed by atoms with Crippen LogP contribution in [0.15, 0.2) is 58.8 Å². The highest BCUT2D eigenvalue weighted by Gasteiger charge is 2.47. The summed E-state index contributed by atoms with van der Waals surface area (Å²) < 4.78 is 70.1. The number of benzene rings is 2. The molecule has 2 aromatic rings. The first-order chi connectivity index (χ1) is 22.0. The summed E-state index contributed by atoms with van der Waals surface area (Å²) in [4.78, 5) is 18.9. The van der Waals surface area contributed by atoms with E-state index >= 15 is 0 Å². The van der Waals surface area contributed by atoms with Crippen molar-refractivity contribution in [2.75, 3.05) is 32.9 Å². The SMILES string of the molecule is CCCC1C(c2ccc(/C=N/O[C@@H]3O[C@@H](C)[C@H](OC)[C@@H](OC)[C@H]3OC)cc2)=NN(c2ccc(OC(F)(F)F)cc2)C1C(=O)OCC. The lowest BCUT2D eigenvalue weighted by Crippen LogP contribution is -2.59. The van der Waals surface area contributed by atoms with Gasteiger partial charge in [0.05, 0.1) is 30.3 Å². The minimum atomic E-state index is -4.82. The summed E-state index contributed by atoms with van der Waals surface area (Å²) in [7, 11) is 4.68. The Kier molecular flexibility index (Phi) is 12.0. The number of ether oxygens (including phenoxy) is 6. The normalized spacial score (nSPS) is 26.7. The molecule has 0 saturated carbocycles. The number of halogens is 3. The molecule has 0 amide bonds. The molecule has 46 heavy (non-hydrogen) atoms. The van der Waals surface area contributed by atoms with Gasteiger partial charge in [0, 0.05) is 27.2 Å². The number of rotatable bonds is 13. The molecule has 0 spiro atoms.